The second-order valence-corrected chi connectivity index (χ2v) is 5.69. The van der Waals surface area contributed by atoms with E-state index in [1.165, 1.54) is 0 Å². The molecular formula is C15H11F3INO. The van der Waals surface area contributed by atoms with Gasteiger partial charge in [-0.25, -0.2) is 13.2 Å². The Labute approximate surface area is 133 Å². The van der Waals surface area contributed by atoms with Crippen molar-refractivity contribution < 1.29 is 18.0 Å². The van der Waals surface area contributed by atoms with Crippen LogP contribution in [0.3, 0.4) is 0 Å². The zero-order chi connectivity index (χ0) is 15.4. The standard InChI is InChI=1S/C15H11F3INO/c16-11-6-10(15(18)13(17)7-11)8-20-14(21)5-9-1-3-12(19)4-2-9/h1-4,6-7H,5,8H2,(H,20,21). The molecule has 0 unspecified atom stereocenters. The van der Waals surface area contributed by atoms with Crippen molar-refractivity contribution in [2.45, 2.75) is 13.0 Å². The predicted octanol–water partition coefficient (Wildman–Crippen LogP) is 3.57. The third kappa shape index (κ3) is 4.45. The highest BCUT2D eigenvalue weighted by Crippen LogP contribution is 2.14. The van der Waals surface area contributed by atoms with Gasteiger partial charge in [-0.3, -0.25) is 4.79 Å². The van der Waals surface area contributed by atoms with E-state index in [0.717, 1.165) is 15.2 Å². The second kappa shape index (κ2) is 6.93. The molecule has 0 bridgehead atoms. The van der Waals surface area contributed by atoms with E-state index in [-0.39, 0.29) is 24.4 Å². The van der Waals surface area contributed by atoms with Crippen LogP contribution in [0.25, 0.3) is 0 Å². The number of hydrogen-bond donors (Lipinski definition) is 1. The molecule has 0 aliphatic heterocycles. The Balaban J connectivity index is 1.97. The summed E-state index contributed by atoms with van der Waals surface area (Å²) in [7, 11) is 0. The van der Waals surface area contributed by atoms with Crippen molar-refractivity contribution in [3.8, 4) is 0 Å². The molecule has 2 aromatic carbocycles. The molecule has 0 fully saturated rings. The number of carbonyl (C=O) groups excluding carboxylic acids is 1. The minimum absolute atomic E-state index is 0.121. The quantitative estimate of drug-likeness (QED) is 0.612. The summed E-state index contributed by atoms with van der Waals surface area (Å²) in [5.41, 5.74) is 0.585. The van der Waals surface area contributed by atoms with Gasteiger partial charge in [-0.05, 0) is 46.4 Å². The molecule has 0 radical (unpaired) electrons. The summed E-state index contributed by atoms with van der Waals surface area (Å²) in [6.45, 7) is -0.260. The first kappa shape index (κ1) is 15.8. The van der Waals surface area contributed by atoms with Crippen molar-refractivity contribution in [1.82, 2.24) is 5.32 Å². The monoisotopic (exact) mass is 405 g/mol. The van der Waals surface area contributed by atoms with Gasteiger partial charge in [0.2, 0.25) is 5.91 Å². The van der Waals surface area contributed by atoms with Crippen LogP contribution in [0.5, 0.6) is 0 Å². The summed E-state index contributed by atoms with van der Waals surface area (Å²) in [6.07, 6.45) is 0.121. The Morgan fingerprint density at radius 1 is 1.10 bits per heavy atom. The highest BCUT2D eigenvalue weighted by molar-refractivity contribution is 14.1. The summed E-state index contributed by atoms with van der Waals surface area (Å²) in [4.78, 5) is 11.7. The molecule has 0 spiro atoms. The van der Waals surface area contributed by atoms with Crippen LogP contribution in [-0.4, -0.2) is 5.91 Å². The van der Waals surface area contributed by atoms with Gasteiger partial charge >= 0.3 is 0 Å². The molecule has 0 saturated carbocycles. The SMILES string of the molecule is O=C(Cc1ccc(I)cc1)NCc1cc(F)cc(F)c1F. The Morgan fingerprint density at radius 2 is 1.76 bits per heavy atom. The van der Waals surface area contributed by atoms with Crippen LogP contribution in [0.2, 0.25) is 0 Å². The lowest BCUT2D eigenvalue weighted by molar-refractivity contribution is -0.120. The van der Waals surface area contributed by atoms with E-state index in [2.05, 4.69) is 27.9 Å². The summed E-state index contributed by atoms with van der Waals surface area (Å²) in [5, 5.41) is 2.44. The topological polar surface area (TPSA) is 29.1 Å². The highest BCUT2D eigenvalue weighted by Gasteiger charge is 2.12. The molecule has 0 saturated heterocycles. The van der Waals surface area contributed by atoms with Crippen molar-refractivity contribution in [2.24, 2.45) is 0 Å². The maximum atomic E-state index is 13.4. The van der Waals surface area contributed by atoms with Crippen LogP contribution in [0.15, 0.2) is 36.4 Å². The largest absolute Gasteiger partial charge is 0.352 e. The Bertz CT molecular complexity index is 659. The number of hydrogen-bond acceptors (Lipinski definition) is 1. The van der Waals surface area contributed by atoms with Crippen molar-refractivity contribution in [1.29, 1.82) is 0 Å². The molecule has 0 heterocycles. The van der Waals surface area contributed by atoms with Crippen LogP contribution in [0, 0.1) is 21.0 Å². The number of benzene rings is 2. The van der Waals surface area contributed by atoms with Gasteiger partial charge in [-0.15, -0.1) is 0 Å². The normalized spacial score (nSPS) is 10.5. The lowest BCUT2D eigenvalue weighted by Gasteiger charge is -2.07. The summed E-state index contributed by atoms with van der Waals surface area (Å²) < 4.78 is 40.5. The Morgan fingerprint density at radius 3 is 2.43 bits per heavy atom. The van der Waals surface area contributed by atoms with Crippen molar-refractivity contribution in [3.63, 3.8) is 0 Å². The van der Waals surface area contributed by atoms with Gasteiger partial charge in [0.05, 0.1) is 6.42 Å². The van der Waals surface area contributed by atoms with E-state index >= 15 is 0 Å². The molecule has 2 nitrogen and oxygen atoms in total. The summed E-state index contributed by atoms with van der Waals surface area (Å²) in [5.74, 6) is -3.64. The van der Waals surface area contributed by atoms with Gasteiger partial charge < -0.3 is 5.32 Å². The van der Waals surface area contributed by atoms with Gasteiger partial charge in [0.15, 0.2) is 11.6 Å². The number of halogens is 4. The third-order valence-corrected chi connectivity index (χ3v) is 3.54. The zero-order valence-corrected chi connectivity index (χ0v) is 13.0. The first-order valence-corrected chi connectivity index (χ1v) is 7.18. The maximum absolute atomic E-state index is 13.4. The van der Waals surface area contributed by atoms with E-state index < -0.39 is 17.5 Å². The maximum Gasteiger partial charge on any atom is 0.224 e. The zero-order valence-electron chi connectivity index (χ0n) is 10.8. The average Bonchev–Trinajstić information content (AvgIpc) is 2.44. The Hall–Kier alpha value is -1.57. The number of nitrogens with one attached hydrogen (secondary N) is 1. The van der Waals surface area contributed by atoms with E-state index in [9.17, 15) is 18.0 Å². The van der Waals surface area contributed by atoms with Gasteiger partial charge in [-0.1, -0.05) is 12.1 Å². The molecule has 110 valence electrons. The number of carbonyl (C=O) groups is 1. The van der Waals surface area contributed by atoms with Crippen LogP contribution in [-0.2, 0) is 17.8 Å². The second-order valence-electron chi connectivity index (χ2n) is 4.44. The fourth-order valence-corrected chi connectivity index (χ4v) is 2.14. The predicted molar refractivity (Wildman–Crippen MR) is 81.0 cm³/mol. The van der Waals surface area contributed by atoms with Gasteiger partial charge in [0, 0.05) is 21.7 Å². The molecule has 1 amide bonds. The Kier molecular flexibility index (Phi) is 5.22. The first-order chi connectivity index (χ1) is 9.95. The van der Waals surface area contributed by atoms with E-state index in [1.54, 1.807) is 0 Å². The van der Waals surface area contributed by atoms with Crippen LogP contribution >= 0.6 is 22.6 Å². The van der Waals surface area contributed by atoms with E-state index in [4.69, 9.17) is 0 Å². The minimum atomic E-state index is -1.27. The van der Waals surface area contributed by atoms with Crippen molar-refractivity contribution in [3.05, 3.63) is 68.5 Å². The van der Waals surface area contributed by atoms with E-state index in [0.29, 0.717) is 6.07 Å². The summed E-state index contributed by atoms with van der Waals surface area (Å²) >= 11 is 2.15. The highest BCUT2D eigenvalue weighted by atomic mass is 127. The molecule has 1 N–H and O–H groups in total. The van der Waals surface area contributed by atoms with Crippen LogP contribution in [0.1, 0.15) is 11.1 Å². The number of rotatable bonds is 4. The summed E-state index contributed by atoms with van der Waals surface area (Å²) in [6, 6.07) is 8.68. The smallest absolute Gasteiger partial charge is 0.224 e. The van der Waals surface area contributed by atoms with Gasteiger partial charge in [0.1, 0.15) is 5.82 Å². The molecule has 21 heavy (non-hydrogen) atoms. The molecule has 0 atom stereocenters. The lowest BCUT2D eigenvalue weighted by Crippen LogP contribution is -2.25. The van der Waals surface area contributed by atoms with Gasteiger partial charge in [-0.2, -0.15) is 0 Å². The average molecular weight is 405 g/mol. The fourth-order valence-electron chi connectivity index (χ4n) is 1.78. The fraction of sp³-hybridized carbons (Fsp3) is 0.133. The van der Waals surface area contributed by atoms with Gasteiger partial charge in [0.25, 0.3) is 0 Å². The van der Waals surface area contributed by atoms with E-state index in [1.807, 2.05) is 24.3 Å². The first-order valence-electron chi connectivity index (χ1n) is 6.10. The van der Waals surface area contributed by atoms with Crippen LogP contribution < -0.4 is 5.32 Å². The number of amides is 1. The lowest BCUT2D eigenvalue weighted by atomic mass is 10.1. The molecule has 2 aromatic rings. The van der Waals surface area contributed by atoms with Crippen molar-refractivity contribution in [2.75, 3.05) is 0 Å². The molecule has 0 aliphatic carbocycles. The van der Waals surface area contributed by atoms with Crippen molar-refractivity contribution >= 4 is 28.5 Å². The molecule has 0 aromatic heterocycles. The molecule has 0 aliphatic rings. The molecule has 6 heteroatoms. The van der Waals surface area contributed by atoms with Crippen LogP contribution in [0.4, 0.5) is 13.2 Å². The third-order valence-electron chi connectivity index (χ3n) is 2.82. The minimum Gasteiger partial charge on any atom is -0.352 e. The molecular weight excluding hydrogens is 394 g/mol. The molecule has 2 rings (SSSR count).